The molecule has 2 aliphatic rings. The fourth-order valence-electron chi connectivity index (χ4n) is 2.60. The molecule has 18 heavy (non-hydrogen) atoms. The lowest BCUT2D eigenvalue weighted by atomic mass is 9.97. The van der Waals surface area contributed by atoms with Gasteiger partial charge in [-0.15, -0.1) is 0 Å². The summed E-state index contributed by atoms with van der Waals surface area (Å²) in [5.41, 5.74) is -0.0906. The highest BCUT2D eigenvalue weighted by atomic mass is 16.5. The maximum absolute atomic E-state index is 5.68. The van der Waals surface area contributed by atoms with Gasteiger partial charge in [0.05, 0.1) is 5.60 Å². The third kappa shape index (κ3) is 3.94. The molecular weight excluding hydrogens is 224 g/mol. The highest BCUT2D eigenvalue weighted by molar-refractivity contribution is 4.94. The van der Waals surface area contributed by atoms with E-state index in [0.717, 1.165) is 25.0 Å². The molecule has 0 bridgehead atoms. The summed E-state index contributed by atoms with van der Waals surface area (Å²) in [4.78, 5) is 2.71. The van der Waals surface area contributed by atoms with Crippen LogP contribution in [0.4, 0.5) is 0 Å². The number of nitrogens with one attached hydrogen (secondary N) is 1. The Morgan fingerprint density at radius 1 is 1.28 bits per heavy atom. The second-order valence-electron chi connectivity index (χ2n) is 6.55. The number of nitrogens with zero attached hydrogens (tertiary/aromatic N) is 1. The molecule has 2 saturated carbocycles. The molecule has 0 heterocycles. The van der Waals surface area contributed by atoms with Crippen molar-refractivity contribution in [3.05, 3.63) is 0 Å². The molecule has 106 valence electrons. The smallest absolute Gasteiger partial charge is 0.0787 e. The average molecular weight is 254 g/mol. The van der Waals surface area contributed by atoms with E-state index in [1.807, 2.05) is 7.11 Å². The maximum Gasteiger partial charge on any atom is 0.0787 e. The Bertz CT molecular complexity index is 259. The molecule has 0 saturated heterocycles. The first-order valence-corrected chi connectivity index (χ1v) is 7.59. The molecule has 1 unspecified atom stereocenters. The van der Waals surface area contributed by atoms with E-state index in [9.17, 15) is 0 Å². The summed E-state index contributed by atoms with van der Waals surface area (Å²) in [6, 6.07) is 1.28. The highest BCUT2D eigenvalue weighted by Gasteiger charge is 2.38. The fraction of sp³-hybridized carbons (Fsp3) is 1.00. The average Bonchev–Trinajstić information content (AvgIpc) is 3.18. The molecule has 1 N–H and O–H groups in total. The molecule has 0 amide bonds. The van der Waals surface area contributed by atoms with Gasteiger partial charge in [-0.3, -0.25) is 4.90 Å². The minimum Gasteiger partial charge on any atom is -0.377 e. The van der Waals surface area contributed by atoms with Crippen molar-refractivity contribution in [2.45, 2.75) is 64.1 Å². The van der Waals surface area contributed by atoms with Gasteiger partial charge in [-0.05, 0) is 52.0 Å². The number of hydrogen-bond acceptors (Lipinski definition) is 3. The summed E-state index contributed by atoms with van der Waals surface area (Å²) in [5, 5.41) is 3.61. The Hall–Kier alpha value is -0.120. The van der Waals surface area contributed by atoms with Crippen LogP contribution in [-0.4, -0.2) is 49.3 Å². The van der Waals surface area contributed by atoms with Crippen LogP contribution in [0.5, 0.6) is 0 Å². The van der Waals surface area contributed by atoms with Gasteiger partial charge in [0, 0.05) is 32.3 Å². The van der Waals surface area contributed by atoms with Gasteiger partial charge >= 0.3 is 0 Å². The predicted molar refractivity (Wildman–Crippen MR) is 75.9 cm³/mol. The van der Waals surface area contributed by atoms with E-state index in [0.29, 0.717) is 6.04 Å². The van der Waals surface area contributed by atoms with Crippen LogP contribution in [0.2, 0.25) is 0 Å². The van der Waals surface area contributed by atoms with E-state index in [2.05, 4.69) is 31.0 Å². The van der Waals surface area contributed by atoms with Crippen LogP contribution in [0.15, 0.2) is 0 Å². The van der Waals surface area contributed by atoms with Crippen LogP contribution >= 0.6 is 0 Å². The van der Waals surface area contributed by atoms with Crippen LogP contribution in [0.3, 0.4) is 0 Å². The summed E-state index contributed by atoms with van der Waals surface area (Å²) >= 11 is 0. The molecule has 2 aliphatic carbocycles. The van der Waals surface area contributed by atoms with Crippen molar-refractivity contribution in [3.63, 3.8) is 0 Å². The van der Waals surface area contributed by atoms with E-state index in [1.165, 1.54) is 32.2 Å². The van der Waals surface area contributed by atoms with Gasteiger partial charge in [0.25, 0.3) is 0 Å². The molecular formula is C15H30N2O. The first-order valence-electron chi connectivity index (χ1n) is 7.59. The topological polar surface area (TPSA) is 24.5 Å². The number of likely N-dealkylation sites (N-methyl/N-ethyl adjacent to an activating group) is 1. The monoisotopic (exact) mass is 254 g/mol. The molecule has 3 nitrogen and oxygen atoms in total. The van der Waals surface area contributed by atoms with Crippen LogP contribution in [0.1, 0.15) is 46.5 Å². The van der Waals surface area contributed by atoms with Crippen LogP contribution in [0.25, 0.3) is 0 Å². The molecule has 0 aromatic heterocycles. The van der Waals surface area contributed by atoms with Crippen molar-refractivity contribution < 1.29 is 4.74 Å². The Balaban J connectivity index is 1.91. The summed E-state index contributed by atoms with van der Waals surface area (Å²) in [6.45, 7) is 10.0. The maximum atomic E-state index is 5.68. The minimum atomic E-state index is -0.0906. The van der Waals surface area contributed by atoms with E-state index in [-0.39, 0.29) is 5.60 Å². The Morgan fingerprint density at radius 3 is 2.39 bits per heavy atom. The van der Waals surface area contributed by atoms with Crippen LogP contribution in [0, 0.1) is 5.92 Å². The van der Waals surface area contributed by atoms with Gasteiger partial charge in [-0.25, -0.2) is 0 Å². The SMILES string of the molecule is CCNC(CN(CC1CC1)C1CC1)C(C)(C)OC. The summed E-state index contributed by atoms with van der Waals surface area (Å²) in [7, 11) is 1.83. The van der Waals surface area contributed by atoms with Crippen molar-refractivity contribution >= 4 is 0 Å². The number of ether oxygens (including phenoxy) is 1. The Morgan fingerprint density at radius 2 is 1.94 bits per heavy atom. The molecule has 2 fully saturated rings. The minimum absolute atomic E-state index is 0.0906. The van der Waals surface area contributed by atoms with Gasteiger partial charge in [-0.2, -0.15) is 0 Å². The normalized spacial score (nSPS) is 22.5. The van der Waals surface area contributed by atoms with E-state index < -0.39 is 0 Å². The fourth-order valence-corrected chi connectivity index (χ4v) is 2.60. The van der Waals surface area contributed by atoms with E-state index >= 15 is 0 Å². The lowest BCUT2D eigenvalue weighted by Crippen LogP contribution is -2.54. The van der Waals surface area contributed by atoms with Crippen molar-refractivity contribution in [2.24, 2.45) is 5.92 Å². The molecule has 0 aliphatic heterocycles. The van der Waals surface area contributed by atoms with E-state index in [1.54, 1.807) is 0 Å². The lowest BCUT2D eigenvalue weighted by molar-refractivity contribution is -0.0206. The molecule has 0 spiro atoms. The second-order valence-corrected chi connectivity index (χ2v) is 6.55. The molecule has 1 atom stereocenters. The molecule has 3 heteroatoms. The zero-order valence-corrected chi connectivity index (χ0v) is 12.5. The standard InChI is InChI=1S/C15H30N2O/c1-5-16-14(15(2,3)18-4)11-17(13-8-9-13)10-12-6-7-12/h12-14,16H,5-11H2,1-4H3. The lowest BCUT2D eigenvalue weighted by Gasteiger charge is -2.37. The van der Waals surface area contributed by atoms with Gasteiger partial charge in [-0.1, -0.05) is 6.92 Å². The zero-order chi connectivity index (χ0) is 13.2. The summed E-state index contributed by atoms with van der Waals surface area (Å²) in [6.07, 6.45) is 5.70. The van der Waals surface area contributed by atoms with E-state index in [4.69, 9.17) is 4.74 Å². The first kappa shape index (κ1) is 14.3. The third-order valence-electron chi connectivity index (χ3n) is 4.49. The van der Waals surface area contributed by atoms with Crippen molar-refractivity contribution in [1.29, 1.82) is 0 Å². The zero-order valence-electron chi connectivity index (χ0n) is 12.5. The number of hydrogen-bond donors (Lipinski definition) is 1. The van der Waals surface area contributed by atoms with Crippen molar-refractivity contribution in [3.8, 4) is 0 Å². The highest BCUT2D eigenvalue weighted by Crippen LogP contribution is 2.35. The van der Waals surface area contributed by atoms with Gasteiger partial charge < -0.3 is 10.1 Å². The van der Waals surface area contributed by atoms with Crippen LogP contribution < -0.4 is 5.32 Å². The number of rotatable bonds is 9. The first-order chi connectivity index (χ1) is 8.56. The Kier molecular flexibility index (Phi) is 4.68. The van der Waals surface area contributed by atoms with Gasteiger partial charge in [0.2, 0.25) is 0 Å². The molecule has 0 aromatic rings. The van der Waals surface area contributed by atoms with Gasteiger partial charge in [0.1, 0.15) is 0 Å². The summed E-state index contributed by atoms with van der Waals surface area (Å²) in [5.74, 6) is 0.985. The van der Waals surface area contributed by atoms with Crippen LogP contribution in [-0.2, 0) is 4.74 Å². The quantitative estimate of drug-likeness (QED) is 0.683. The van der Waals surface area contributed by atoms with Crippen molar-refractivity contribution in [2.75, 3.05) is 26.7 Å². The Labute approximate surface area is 112 Å². The molecule has 2 rings (SSSR count). The van der Waals surface area contributed by atoms with Crippen molar-refractivity contribution in [1.82, 2.24) is 10.2 Å². The summed E-state index contributed by atoms with van der Waals surface area (Å²) < 4.78 is 5.68. The largest absolute Gasteiger partial charge is 0.377 e. The van der Waals surface area contributed by atoms with Gasteiger partial charge in [0.15, 0.2) is 0 Å². The third-order valence-corrected chi connectivity index (χ3v) is 4.49. The molecule has 0 radical (unpaired) electrons. The number of methoxy groups -OCH3 is 1. The predicted octanol–water partition coefficient (Wildman–Crippen LogP) is 2.26. The second kappa shape index (κ2) is 5.89. The molecule has 0 aromatic carbocycles.